The first-order chi connectivity index (χ1) is 14.0. The number of nitrogen functional groups attached to an aromatic ring is 1. The van der Waals surface area contributed by atoms with E-state index in [-0.39, 0.29) is 6.04 Å². The summed E-state index contributed by atoms with van der Waals surface area (Å²) in [4.78, 5) is 32.7. The van der Waals surface area contributed by atoms with Crippen molar-refractivity contribution in [3.8, 4) is 0 Å². The van der Waals surface area contributed by atoms with Crippen LogP contribution in [0.2, 0.25) is 0 Å². The molecule has 8 nitrogen and oxygen atoms in total. The lowest BCUT2D eigenvalue weighted by Crippen LogP contribution is -2.46. The van der Waals surface area contributed by atoms with Crippen LogP contribution >= 0.6 is 11.3 Å². The van der Waals surface area contributed by atoms with Crippen LogP contribution in [0.15, 0.2) is 24.5 Å². The second-order valence-corrected chi connectivity index (χ2v) is 8.64. The number of carbonyl (C=O) groups is 2. The molecule has 1 aliphatic heterocycles. The second kappa shape index (κ2) is 7.82. The zero-order valence-corrected chi connectivity index (χ0v) is 17.3. The van der Waals surface area contributed by atoms with Crippen molar-refractivity contribution < 1.29 is 9.59 Å². The number of nitrogens with one attached hydrogen (secondary N) is 2. The third-order valence-electron chi connectivity index (χ3n) is 5.39. The maximum absolute atomic E-state index is 13.1. The summed E-state index contributed by atoms with van der Waals surface area (Å²) in [5.74, 6) is -0.392. The van der Waals surface area contributed by atoms with Crippen molar-refractivity contribution in [2.24, 2.45) is 5.92 Å². The van der Waals surface area contributed by atoms with Gasteiger partial charge in [0.05, 0.1) is 34.3 Å². The van der Waals surface area contributed by atoms with Crippen LogP contribution in [-0.2, 0) is 16.0 Å². The van der Waals surface area contributed by atoms with Gasteiger partial charge in [-0.1, -0.05) is 13.8 Å². The van der Waals surface area contributed by atoms with Gasteiger partial charge in [-0.2, -0.15) is 5.10 Å². The van der Waals surface area contributed by atoms with Crippen LogP contribution in [0.3, 0.4) is 0 Å². The molecule has 4 heterocycles. The van der Waals surface area contributed by atoms with Gasteiger partial charge in [-0.05, 0) is 42.9 Å². The highest BCUT2D eigenvalue weighted by Gasteiger charge is 2.35. The van der Waals surface area contributed by atoms with Gasteiger partial charge in [0.15, 0.2) is 0 Å². The van der Waals surface area contributed by atoms with Crippen molar-refractivity contribution >= 4 is 44.9 Å². The van der Waals surface area contributed by atoms with Crippen molar-refractivity contribution in [2.75, 3.05) is 17.6 Å². The first-order valence-corrected chi connectivity index (χ1v) is 10.6. The lowest BCUT2D eigenvalue weighted by Gasteiger charge is -2.37. The Balaban J connectivity index is 1.55. The molecule has 4 rings (SSSR count). The molecule has 3 aromatic rings. The van der Waals surface area contributed by atoms with E-state index >= 15 is 0 Å². The molecule has 0 spiro atoms. The predicted octanol–water partition coefficient (Wildman–Crippen LogP) is 3.10. The fourth-order valence-electron chi connectivity index (χ4n) is 3.79. The van der Waals surface area contributed by atoms with Gasteiger partial charge < -0.3 is 16.0 Å². The maximum Gasteiger partial charge on any atom is 0.313 e. The zero-order valence-electron chi connectivity index (χ0n) is 16.4. The van der Waals surface area contributed by atoms with Gasteiger partial charge in [-0.3, -0.25) is 14.7 Å². The number of amides is 2. The topological polar surface area (TPSA) is 117 Å². The molecule has 152 valence electrons. The van der Waals surface area contributed by atoms with Gasteiger partial charge in [0.25, 0.3) is 0 Å². The summed E-state index contributed by atoms with van der Waals surface area (Å²) in [5, 5.41) is 9.69. The number of hydrogen-bond donors (Lipinski definition) is 3. The Morgan fingerprint density at radius 3 is 2.93 bits per heavy atom. The second-order valence-electron chi connectivity index (χ2n) is 7.53. The Hall–Kier alpha value is -2.94. The minimum Gasteiger partial charge on any atom is -0.383 e. The largest absolute Gasteiger partial charge is 0.383 e. The summed E-state index contributed by atoms with van der Waals surface area (Å²) in [5.41, 5.74) is 8.10. The van der Waals surface area contributed by atoms with Gasteiger partial charge in [0, 0.05) is 11.4 Å². The van der Waals surface area contributed by atoms with Crippen molar-refractivity contribution in [1.82, 2.24) is 20.1 Å². The molecule has 0 unspecified atom stereocenters. The van der Waals surface area contributed by atoms with E-state index in [1.165, 1.54) is 6.20 Å². The van der Waals surface area contributed by atoms with E-state index in [1.54, 1.807) is 28.5 Å². The van der Waals surface area contributed by atoms with Crippen LogP contribution in [0.4, 0.5) is 11.5 Å². The highest BCUT2D eigenvalue weighted by molar-refractivity contribution is 7.19. The third kappa shape index (κ3) is 3.82. The van der Waals surface area contributed by atoms with E-state index in [9.17, 15) is 9.59 Å². The van der Waals surface area contributed by atoms with Crippen LogP contribution in [-0.4, -0.2) is 38.4 Å². The molecule has 29 heavy (non-hydrogen) atoms. The van der Waals surface area contributed by atoms with Crippen molar-refractivity contribution in [1.29, 1.82) is 0 Å². The molecular weight excluding hydrogens is 388 g/mol. The number of nitrogens with two attached hydrogens (primary N) is 1. The number of nitrogens with zero attached hydrogens (tertiary/aromatic N) is 3. The summed E-state index contributed by atoms with van der Waals surface area (Å²) in [7, 11) is 0. The number of rotatable bonds is 3. The highest BCUT2D eigenvalue weighted by Crippen LogP contribution is 2.38. The van der Waals surface area contributed by atoms with Crippen molar-refractivity contribution in [3.63, 3.8) is 0 Å². The Kier molecular flexibility index (Phi) is 5.23. The molecule has 0 saturated carbocycles. The number of fused-ring (bicyclic) bond motifs is 1. The van der Waals surface area contributed by atoms with Gasteiger partial charge in [-0.15, -0.1) is 11.3 Å². The van der Waals surface area contributed by atoms with Gasteiger partial charge in [0.2, 0.25) is 0 Å². The van der Waals surface area contributed by atoms with E-state index in [0.717, 1.165) is 33.5 Å². The van der Waals surface area contributed by atoms with Crippen molar-refractivity contribution in [3.05, 3.63) is 35.0 Å². The smallest absolute Gasteiger partial charge is 0.313 e. The summed E-state index contributed by atoms with van der Waals surface area (Å²) in [6, 6.07) is 3.69. The van der Waals surface area contributed by atoms with Crippen molar-refractivity contribution in [2.45, 2.75) is 39.2 Å². The van der Waals surface area contributed by atoms with E-state index in [4.69, 9.17) is 5.73 Å². The number of aromatic amines is 1. The molecule has 1 saturated heterocycles. The first-order valence-electron chi connectivity index (χ1n) is 9.75. The van der Waals surface area contributed by atoms with Crippen LogP contribution in [0.1, 0.15) is 43.2 Å². The average Bonchev–Trinajstić information content (AvgIpc) is 3.31. The molecule has 1 fully saturated rings. The fraction of sp³-hybridized carbons (Fsp3) is 0.400. The maximum atomic E-state index is 13.1. The molecule has 0 aliphatic carbocycles. The Morgan fingerprint density at radius 2 is 2.17 bits per heavy atom. The van der Waals surface area contributed by atoms with Crippen LogP contribution < -0.4 is 11.1 Å². The molecule has 1 aliphatic rings. The molecule has 0 aromatic carbocycles. The minimum absolute atomic E-state index is 0.106. The number of likely N-dealkylation sites (tertiary alicyclic amines) is 1. The molecule has 0 bridgehead atoms. The number of aryl methyl sites for hydroxylation is 1. The fourth-order valence-corrected chi connectivity index (χ4v) is 4.92. The molecular formula is C20H24N6O2S. The zero-order chi connectivity index (χ0) is 20.5. The van der Waals surface area contributed by atoms with E-state index < -0.39 is 11.8 Å². The number of aromatic nitrogens is 3. The Morgan fingerprint density at radius 1 is 1.34 bits per heavy atom. The van der Waals surface area contributed by atoms with E-state index in [1.807, 2.05) is 13.0 Å². The Labute approximate surface area is 172 Å². The Bertz CT molecular complexity index is 1030. The molecule has 4 N–H and O–H groups in total. The number of pyridine rings is 1. The predicted molar refractivity (Wildman–Crippen MR) is 113 cm³/mol. The number of carbonyl (C=O) groups excluding carboxylic acids is 2. The molecule has 9 heteroatoms. The lowest BCUT2D eigenvalue weighted by atomic mass is 9.93. The number of anilines is 2. The summed E-state index contributed by atoms with van der Waals surface area (Å²) >= 11 is 1.61. The average molecular weight is 413 g/mol. The van der Waals surface area contributed by atoms with Crippen LogP contribution in [0.5, 0.6) is 0 Å². The minimum atomic E-state index is -0.651. The summed E-state index contributed by atoms with van der Waals surface area (Å²) in [6.07, 6.45) is 5.81. The molecule has 3 aromatic heterocycles. The van der Waals surface area contributed by atoms with E-state index in [2.05, 4.69) is 27.4 Å². The molecule has 0 radical (unpaired) electrons. The third-order valence-corrected chi connectivity index (χ3v) is 6.56. The molecule has 2 amide bonds. The van der Waals surface area contributed by atoms with Gasteiger partial charge in [0.1, 0.15) is 5.82 Å². The normalized spacial score (nSPS) is 19.4. The SMILES string of the molecule is CCc1cc(NC(=O)C(=O)N2C[C@H](C)CC[C@H]2c2cc3[nH]ncc3s2)cnc1N. The van der Waals surface area contributed by atoms with E-state index in [0.29, 0.717) is 30.4 Å². The number of thiophene rings is 1. The summed E-state index contributed by atoms with van der Waals surface area (Å²) in [6.45, 7) is 4.62. The number of hydrogen-bond acceptors (Lipinski definition) is 6. The summed E-state index contributed by atoms with van der Waals surface area (Å²) < 4.78 is 1.05. The molecule has 2 atom stereocenters. The standard InChI is InChI=1S/C20H24N6O2S/c1-3-12-6-13(8-22-18(12)21)24-19(27)20(28)26-10-11(2)4-5-15(26)16-7-14-17(29-16)9-23-25-14/h6-9,11,15H,3-5,10H2,1-2H3,(H2,21,22)(H,23,25)(H,24,27)/t11-,15+/m1/s1. The number of H-pyrrole nitrogens is 1. The highest BCUT2D eigenvalue weighted by atomic mass is 32.1. The first kappa shape index (κ1) is 19.4. The monoisotopic (exact) mass is 412 g/mol. The number of piperidine rings is 1. The van der Waals surface area contributed by atoms with Crippen LogP contribution in [0, 0.1) is 5.92 Å². The van der Waals surface area contributed by atoms with Gasteiger partial charge in [-0.25, -0.2) is 4.98 Å². The lowest BCUT2D eigenvalue weighted by molar-refractivity contribution is -0.146. The van der Waals surface area contributed by atoms with Gasteiger partial charge >= 0.3 is 11.8 Å². The van der Waals surface area contributed by atoms with Crippen LogP contribution in [0.25, 0.3) is 10.2 Å². The quantitative estimate of drug-likeness (QED) is 0.572.